The van der Waals surface area contributed by atoms with Crippen molar-refractivity contribution in [3.8, 4) is 0 Å². The number of likely N-dealkylation sites (tertiary alicyclic amines) is 2. The van der Waals surface area contributed by atoms with E-state index in [9.17, 15) is 19.5 Å². The fourth-order valence-electron chi connectivity index (χ4n) is 7.06. The van der Waals surface area contributed by atoms with E-state index in [-0.39, 0.29) is 58.8 Å². The van der Waals surface area contributed by atoms with Crippen LogP contribution in [0.15, 0.2) is 42.6 Å². The molecule has 1 aromatic heterocycles. The second kappa shape index (κ2) is 13.7. The first-order chi connectivity index (χ1) is 22.1. The predicted molar refractivity (Wildman–Crippen MR) is 172 cm³/mol. The molecule has 2 N–H and O–H groups in total. The van der Waals surface area contributed by atoms with Crippen LogP contribution < -0.4 is 5.32 Å². The van der Waals surface area contributed by atoms with E-state index in [1.165, 1.54) is 12.1 Å². The number of carbonyl (C=O) groups is 3. The summed E-state index contributed by atoms with van der Waals surface area (Å²) < 4.78 is 29.0. The first-order valence-electron chi connectivity index (χ1n) is 15.8. The summed E-state index contributed by atoms with van der Waals surface area (Å²) >= 11 is 6.53. The maximum absolute atomic E-state index is 15.4. The molecule has 1 saturated carbocycles. The van der Waals surface area contributed by atoms with E-state index in [0.29, 0.717) is 44.4 Å². The Balaban J connectivity index is 1.12. The van der Waals surface area contributed by atoms with Crippen LogP contribution in [0.4, 0.5) is 10.1 Å². The second-order valence-electron chi connectivity index (χ2n) is 12.8. The highest BCUT2D eigenvalue weighted by Crippen LogP contribution is 2.32. The molecule has 1 aliphatic carbocycles. The topological polar surface area (TPSA) is 113 Å². The Morgan fingerprint density at radius 3 is 2.52 bits per heavy atom. The largest absolute Gasteiger partial charge is 0.481 e. The SMILES string of the molecule is COC1CN([C@H]2C[C@@H](COC3CCC(C(=O)O)CC3)N(C(=O)Cc3cc(Cl)c(NC(=O)c4cn(C)c5ccccc45)cc3F)C2)C1. The van der Waals surface area contributed by atoms with Gasteiger partial charge >= 0.3 is 5.97 Å². The molecule has 3 heterocycles. The van der Waals surface area contributed by atoms with Crippen LogP contribution in [0.1, 0.15) is 48.0 Å². The van der Waals surface area contributed by atoms with Crippen molar-refractivity contribution in [1.29, 1.82) is 0 Å². The Hall–Kier alpha value is -3.51. The van der Waals surface area contributed by atoms with Gasteiger partial charge in [0.05, 0.1) is 53.5 Å². The third-order valence-electron chi connectivity index (χ3n) is 9.85. The third-order valence-corrected chi connectivity index (χ3v) is 10.2. The van der Waals surface area contributed by atoms with Crippen molar-refractivity contribution in [2.75, 3.05) is 38.7 Å². The van der Waals surface area contributed by atoms with Crippen LogP contribution >= 0.6 is 11.6 Å². The minimum atomic E-state index is -0.759. The Labute approximate surface area is 272 Å². The van der Waals surface area contributed by atoms with E-state index in [2.05, 4.69) is 10.2 Å². The van der Waals surface area contributed by atoms with Gasteiger partial charge in [-0.1, -0.05) is 29.8 Å². The molecule has 2 aliphatic heterocycles. The van der Waals surface area contributed by atoms with E-state index in [0.717, 1.165) is 30.4 Å². The standard InChI is InChI=1S/C34H40ClFN4O6/c1-38-18-27(26-5-3-4-6-31(26)38)33(42)37-30-14-29(36)21(11-28(30)35)12-32(41)40-15-22(39-16-25(17-39)45-2)13-23(40)19-46-24-9-7-20(8-10-24)34(43)44/h3-6,11,14,18,20,22-25H,7-10,12-13,15-17,19H2,1-2H3,(H,37,42)(H,43,44)/t20?,22-,23-,24?/m0/s1. The maximum atomic E-state index is 15.4. The number of hydrogen-bond donors (Lipinski definition) is 2. The first kappa shape index (κ1) is 32.4. The lowest BCUT2D eigenvalue weighted by molar-refractivity contribution is -0.144. The molecule has 0 spiro atoms. The molecule has 2 saturated heterocycles. The number of fused-ring (bicyclic) bond motifs is 1. The highest BCUT2D eigenvalue weighted by atomic mass is 35.5. The number of aryl methyl sites for hydroxylation is 1. The molecule has 2 aromatic carbocycles. The van der Waals surface area contributed by atoms with Gasteiger partial charge in [-0.25, -0.2) is 4.39 Å². The average Bonchev–Trinajstić information content (AvgIpc) is 3.59. The summed E-state index contributed by atoms with van der Waals surface area (Å²) in [6, 6.07) is 10.0. The summed E-state index contributed by atoms with van der Waals surface area (Å²) in [7, 11) is 3.55. The van der Waals surface area contributed by atoms with Crippen molar-refractivity contribution < 1.29 is 33.4 Å². The number of nitrogens with one attached hydrogen (secondary N) is 1. The number of benzene rings is 2. The zero-order valence-electron chi connectivity index (χ0n) is 26.1. The predicted octanol–water partition coefficient (Wildman–Crippen LogP) is 4.73. The molecule has 2 amide bonds. The molecule has 0 radical (unpaired) electrons. The summed E-state index contributed by atoms with van der Waals surface area (Å²) in [6.07, 6.45) is 4.93. The number of carbonyl (C=O) groups excluding carboxylic acids is 2. The van der Waals surface area contributed by atoms with Crippen molar-refractivity contribution in [1.82, 2.24) is 14.4 Å². The zero-order chi connectivity index (χ0) is 32.5. The number of para-hydroxylation sites is 1. The summed E-state index contributed by atoms with van der Waals surface area (Å²) in [5, 5.41) is 12.9. The monoisotopic (exact) mass is 654 g/mol. The molecule has 2 atom stereocenters. The highest BCUT2D eigenvalue weighted by Gasteiger charge is 2.42. The molecule has 0 unspecified atom stereocenters. The van der Waals surface area contributed by atoms with Gasteiger partial charge in [-0.3, -0.25) is 19.3 Å². The van der Waals surface area contributed by atoms with Crippen LogP contribution in [0.5, 0.6) is 0 Å². The quantitative estimate of drug-likeness (QED) is 0.325. The molecule has 6 rings (SSSR count). The van der Waals surface area contributed by atoms with Crippen LogP contribution in [0.3, 0.4) is 0 Å². The Morgan fingerprint density at radius 1 is 1.07 bits per heavy atom. The molecular formula is C34H40ClFN4O6. The lowest BCUT2D eigenvalue weighted by Crippen LogP contribution is -2.56. The molecule has 12 heteroatoms. The number of amides is 2. The fourth-order valence-corrected chi connectivity index (χ4v) is 7.29. The van der Waals surface area contributed by atoms with E-state index in [4.69, 9.17) is 21.1 Å². The number of anilines is 1. The lowest BCUT2D eigenvalue weighted by Gasteiger charge is -2.42. The molecule has 0 bridgehead atoms. The molecule has 3 fully saturated rings. The Kier molecular flexibility index (Phi) is 9.65. The number of carboxylic acids is 1. The van der Waals surface area contributed by atoms with Gasteiger partial charge in [0, 0.05) is 56.9 Å². The number of halogens is 2. The van der Waals surface area contributed by atoms with Crippen molar-refractivity contribution in [3.05, 3.63) is 64.6 Å². The van der Waals surface area contributed by atoms with Crippen molar-refractivity contribution in [2.24, 2.45) is 13.0 Å². The molecule has 46 heavy (non-hydrogen) atoms. The summed E-state index contributed by atoms with van der Waals surface area (Å²) in [4.78, 5) is 42.3. The van der Waals surface area contributed by atoms with Gasteiger partial charge in [0.15, 0.2) is 0 Å². The van der Waals surface area contributed by atoms with Gasteiger partial charge in [0.2, 0.25) is 5.91 Å². The average molecular weight is 655 g/mol. The summed E-state index contributed by atoms with van der Waals surface area (Å²) in [5.41, 5.74) is 1.62. The minimum Gasteiger partial charge on any atom is -0.481 e. The fraction of sp³-hybridized carbons (Fsp3) is 0.500. The number of carboxylic acid groups (broad SMARTS) is 1. The van der Waals surface area contributed by atoms with Gasteiger partial charge in [-0.05, 0) is 55.9 Å². The van der Waals surface area contributed by atoms with Crippen LogP contribution in [0.25, 0.3) is 10.9 Å². The van der Waals surface area contributed by atoms with Gasteiger partial charge < -0.3 is 29.4 Å². The first-order valence-corrected chi connectivity index (χ1v) is 16.2. The number of ether oxygens (including phenoxy) is 2. The Morgan fingerprint density at radius 2 is 1.80 bits per heavy atom. The molecule has 10 nitrogen and oxygen atoms in total. The van der Waals surface area contributed by atoms with Gasteiger partial charge in [0.1, 0.15) is 5.82 Å². The number of nitrogens with zero attached hydrogens (tertiary/aromatic N) is 3. The van der Waals surface area contributed by atoms with Crippen LogP contribution in [0.2, 0.25) is 5.02 Å². The smallest absolute Gasteiger partial charge is 0.306 e. The van der Waals surface area contributed by atoms with E-state index < -0.39 is 17.7 Å². The minimum absolute atomic E-state index is 0.0404. The maximum Gasteiger partial charge on any atom is 0.306 e. The second-order valence-corrected chi connectivity index (χ2v) is 13.2. The lowest BCUT2D eigenvalue weighted by atomic mass is 9.87. The van der Waals surface area contributed by atoms with Crippen molar-refractivity contribution in [3.63, 3.8) is 0 Å². The molecular weight excluding hydrogens is 615 g/mol. The van der Waals surface area contributed by atoms with Crippen molar-refractivity contribution >= 4 is 46.0 Å². The molecule has 246 valence electrons. The van der Waals surface area contributed by atoms with Crippen LogP contribution in [0, 0.1) is 11.7 Å². The van der Waals surface area contributed by atoms with Crippen molar-refractivity contribution in [2.45, 2.75) is 62.8 Å². The summed E-state index contributed by atoms with van der Waals surface area (Å²) in [5.74, 6) is -2.35. The number of aliphatic carboxylic acids is 1. The van der Waals surface area contributed by atoms with E-state index in [1.54, 1.807) is 18.2 Å². The normalized spacial score (nSPS) is 23.9. The third kappa shape index (κ3) is 6.78. The van der Waals surface area contributed by atoms with Crippen LogP contribution in [-0.2, 0) is 32.5 Å². The van der Waals surface area contributed by atoms with Gasteiger partial charge in [-0.15, -0.1) is 0 Å². The molecule has 3 aliphatic rings. The highest BCUT2D eigenvalue weighted by molar-refractivity contribution is 6.34. The number of rotatable bonds is 10. The van der Waals surface area contributed by atoms with E-state index >= 15 is 4.39 Å². The number of methoxy groups -OCH3 is 1. The number of hydrogen-bond acceptors (Lipinski definition) is 6. The van der Waals surface area contributed by atoms with Gasteiger partial charge in [0.25, 0.3) is 5.91 Å². The summed E-state index contributed by atoms with van der Waals surface area (Å²) in [6.45, 7) is 2.44. The number of aromatic nitrogens is 1. The van der Waals surface area contributed by atoms with E-state index in [1.807, 2.05) is 35.9 Å². The van der Waals surface area contributed by atoms with Crippen LogP contribution in [-0.4, -0.2) is 94.9 Å². The zero-order valence-corrected chi connectivity index (χ0v) is 26.8. The Bertz CT molecular complexity index is 1620. The molecule has 3 aromatic rings. The van der Waals surface area contributed by atoms with Gasteiger partial charge in [-0.2, -0.15) is 0 Å².